The molecule has 2 aromatic carbocycles. The van der Waals surface area contributed by atoms with Crippen LogP contribution in [-0.4, -0.2) is 18.0 Å². The standard InChI is InChI=1S/C19H17NO5/c1-24-17-11-7-15(8-12-17)5-3-2-4-6-19(21)25-18-13-9-16(10-14-18)20(22)23/h2-5,7-14H,6H2,1H3/b4-2+,5-3+. The van der Waals surface area contributed by atoms with Crippen LogP contribution in [0.5, 0.6) is 11.5 Å². The molecule has 0 aromatic heterocycles. The number of methoxy groups -OCH3 is 1. The minimum atomic E-state index is -0.510. The van der Waals surface area contributed by atoms with Gasteiger partial charge in [-0.1, -0.05) is 36.4 Å². The number of nitro benzene ring substituents is 1. The van der Waals surface area contributed by atoms with E-state index in [1.807, 2.05) is 36.4 Å². The van der Waals surface area contributed by atoms with Gasteiger partial charge in [-0.05, 0) is 29.8 Å². The Bertz CT molecular complexity index is 776. The molecule has 0 saturated carbocycles. The SMILES string of the molecule is COc1ccc(/C=C/C=C/CC(=O)Oc2ccc([N+](=O)[O-])cc2)cc1. The molecule has 0 amide bonds. The van der Waals surface area contributed by atoms with Gasteiger partial charge in [0, 0.05) is 12.1 Å². The molecule has 0 aliphatic carbocycles. The third-order valence-electron chi connectivity index (χ3n) is 3.22. The summed E-state index contributed by atoms with van der Waals surface area (Å²) in [4.78, 5) is 21.7. The van der Waals surface area contributed by atoms with Gasteiger partial charge in [0.1, 0.15) is 11.5 Å². The summed E-state index contributed by atoms with van der Waals surface area (Å²) in [6.07, 6.45) is 7.25. The summed E-state index contributed by atoms with van der Waals surface area (Å²) in [5.41, 5.74) is 0.960. The molecule has 0 atom stereocenters. The maximum absolute atomic E-state index is 11.7. The van der Waals surface area contributed by atoms with Crippen LogP contribution in [0.15, 0.2) is 66.8 Å². The summed E-state index contributed by atoms with van der Waals surface area (Å²) in [6.45, 7) is 0. The normalized spacial score (nSPS) is 10.9. The van der Waals surface area contributed by atoms with Gasteiger partial charge in [0.15, 0.2) is 0 Å². The Hall–Kier alpha value is -3.41. The first kappa shape index (κ1) is 17.9. The van der Waals surface area contributed by atoms with Crippen molar-refractivity contribution in [3.05, 3.63) is 82.4 Å². The van der Waals surface area contributed by atoms with Crippen molar-refractivity contribution in [2.75, 3.05) is 7.11 Å². The maximum atomic E-state index is 11.7. The Morgan fingerprint density at radius 2 is 1.68 bits per heavy atom. The number of rotatable bonds is 7. The highest BCUT2D eigenvalue weighted by atomic mass is 16.6. The molecule has 6 nitrogen and oxygen atoms in total. The highest BCUT2D eigenvalue weighted by Gasteiger charge is 2.06. The molecule has 0 fully saturated rings. The van der Waals surface area contributed by atoms with Crippen LogP contribution in [0.2, 0.25) is 0 Å². The summed E-state index contributed by atoms with van der Waals surface area (Å²) in [5, 5.41) is 10.5. The van der Waals surface area contributed by atoms with Gasteiger partial charge in [-0.2, -0.15) is 0 Å². The van der Waals surface area contributed by atoms with E-state index in [2.05, 4.69) is 0 Å². The third-order valence-corrected chi connectivity index (χ3v) is 3.22. The van der Waals surface area contributed by atoms with Crippen molar-refractivity contribution in [2.45, 2.75) is 6.42 Å². The zero-order valence-corrected chi connectivity index (χ0v) is 13.6. The smallest absolute Gasteiger partial charge is 0.315 e. The van der Waals surface area contributed by atoms with Crippen molar-refractivity contribution in [3.8, 4) is 11.5 Å². The first-order valence-electron chi connectivity index (χ1n) is 7.51. The summed E-state index contributed by atoms with van der Waals surface area (Å²) >= 11 is 0. The molecule has 0 saturated heterocycles. The van der Waals surface area contributed by atoms with E-state index >= 15 is 0 Å². The average molecular weight is 339 g/mol. The average Bonchev–Trinajstić information content (AvgIpc) is 2.62. The van der Waals surface area contributed by atoms with Crippen LogP contribution < -0.4 is 9.47 Å². The number of hydrogen-bond acceptors (Lipinski definition) is 5. The third kappa shape index (κ3) is 5.95. The fourth-order valence-corrected chi connectivity index (χ4v) is 1.93. The van der Waals surface area contributed by atoms with Crippen LogP contribution in [0.4, 0.5) is 5.69 Å². The van der Waals surface area contributed by atoms with Crippen LogP contribution in [0.25, 0.3) is 6.08 Å². The molecule has 0 bridgehead atoms. The van der Waals surface area contributed by atoms with Crippen LogP contribution in [0, 0.1) is 10.1 Å². The second-order valence-corrected chi connectivity index (χ2v) is 4.99. The zero-order chi connectivity index (χ0) is 18.1. The van der Waals surface area contributed by atoms with Crippen LogP contribution >= 0.6 is 0 Å². The zero-order valence-electron chi connectivity index (χ0n) is 13.6. The van der Waals surface area contributed by atoms with E-state index in [1.165, 1.54) is 24.3 Å². The number of nitro groups is 1. The topological polar surface area (TPSA) is 78.7 Å². The molecule has 2 rings (SSSR count). The summed E-state index contributed by atoms with van der Waals surface area (Å²) in [6, 6.07) is 12.9. The van der Waals surface area contributed by atoms with E-state index in [0.717, 1.165) is 11.3 Å². The lowest BCUT2D eigenvalue weighted by molar-refractivity contribution is -0.384. The van der Waals surface area contributed by atoms with Crippen LogP contribution in [-0.2, 0) is 4.79 Å². The number of esters is 1. The van der Waals surface area contributed by atoms with Crippen molar-refractivity contribution in [1.82, 2.24) is 0 Å². The lowest BCUT2D eigenvalue weighted by Gasteiger charge is -2.01. The number of ether oxygens (including phenoxy) is 2. The lowest BCUT2D eigenvalue weighted by atomic mass is 10.2. The summed E-state index contributed by atoms with van der Waals surface area (Å²) < 4.78 is 10.2. The molecule has 0 aliphatic rings. The molecule has 0 N–H and O–H groups in total. The van der Waals surface area contributed by atoms with Crippen molar-refractivity contribution in [3.63, 3.8) is 0 Å². The lowest BCUT2D eigenvalue weighted by Crippen LogP contribution is -2.06. The fraction of sp³-hybridized carbons (Fsp3) is 0.105. The first-order chi connectivity index (χ1) is 12.1. The van der Waals surface area contributed by atoms with E-state index in [0.29, 0.717) is 0 Å². The van der Waals surface area contributed by atoms with Gasteiger partial charge in [0.2, 0.25) is 0 Å². The van der Waals surface area contributed by atoms with Crippen molar-refractivity contribution in [1.29, 1.82) is 0 Å². The van der Waals surface area contributed by atoms with Crippen molar-refractivity contribution in [2.24, 2.45) is 0 Å². The summed E-state index contributed by atoms with van der Waals surface area (Å²) in [7, 11) is 1.61. The highest BCUT2D eigenvalue weighted by Crippen LogP contribution is 2.17. The van der Waals surface area contributed by atoms with E-state index in [9.17, 15) is 14.9 Å². The van der Waals surface area contributed by atoms with Gasteiger partial charge in [0.05, 0.1) is 18.5 Å². The van der Waals surface area contributed by atoms with Gasteiger partial charge in [-0.15, -0.1) is 0 Å². The Kier molecular flexibility index (Phi) is 6.47. The van der Waals surface area contributed by atoms with Crippen LogP contribution in [0.1, 0.15) is 12.0 Å². The Morgan fingerprint density at radius 3 is 2.28 bits per heavy atom. The highest BCUT2D eigenvalue weighted by molar-refractivity contribution is 5.74. The fourth-order valence-electron chi connectivity index (χ4n) is 1.93. The minimum absolute atomic E-state index is 0.0524. The quantitative estimate of drug-likeness (QED) is 0.249. The Balaban J connectivity index is 1.79. The molecule has 0 aliphatic heterocycles. The van der Waals surface area contributed by atoms with Gasteiger partial charge < -0.3 is 9.47 Å². The molecule has 6 heteroatoms. The maximum Gasteiger partial charge on any atom is 0.315 e. The van der Waals surface area contributed by atoms with E-state index in [1.54, 1.807) is 19.3 Å². The molecular weight excluding hydrogens is 322 g/mol. The predicted molar refractivity (Wildman–Crippen MR) is 94.5 cm³/mol. The van der Waals surface area contributed by atoms with Gasteiger partial charge in [-0.3, -0.25) is 14.9 Å². The van der Waals surface area contributed by atoms with Gasteiger partial charge in [0.25, 0.3) is 5.69 Å². The second kappa shape index (κ2) is 9.02. The number of benzene rings is 2. The van der Waals surface area contributed by atoms with Crippen LogP contribution in [0.3, 0.4) is 0 Å². The number of non-ortho nitro benzene ring substituents is 1. The first-order valence-corrected chi connectivity index (χ1v) is 7.51. The molecular formula is C19H17NO5. The van der Waals surface area contributed by atoms with Crippen molar-refractivity contribution < 1.29 is 19.2 Å². The number of hydrogen-bond donors (Lipinski definition) is 0. The minimum Gasteiger partial charge on any atom is -0.497 e. The van der Waals surface area contributed by atoms with E-state index in [-0.39, 0.29) is 17.9 Å². The van der Waals surface area contributed by atoms with E-state index < -0.39 is 10.9 Å². The monoisotopic (exact) mass is 339 g/mol. The Morgan fingerprint density at radius 1 is 1.04 bits per heavy atom. The molecule has 25 heavy (non-hydrogen) atoms. The number of carbonyl (C=O) groups is 1. The molecule has 0 radical (unpaired) electrons. The molecule has 2 aromatic rings. The molecule has 0 spiro atoms. The van der Waals surface area contributed by atoms with E-state index in [4.69, 9.17) is 9.47 Å². The van der Waals surface area contributed by atoms with Gasteiger partial charge >= 0.3 is 5.97 Å². The number of nitrogens with zero attached hydrogens (tertiary/aromatic N) is 1. The second-order valence-electron chi connectivity index (χ2n) is 4.99. The number of allylic oxidation sites excluding steroid dienone is 2. The van der Waals surface area contributed by atoms with Crippen molar-refractivity contribution >= 4 is 17.7 Å². The molecule has 128 valence electrons. The largest absolute Gasteiger partial charge is 0.497 e. The van der Waals surface area contributed by atoms with Gasteiger partial charge in [-0.25, -0.2) is 0 Å². The summed E-state index contributed by atoms with van der Waals surface area (Å²) in [5.74, 6) is 0.627. The Labute approximate surface area is 145 Å². The molecule has 0 unspecified atom stereocenters. The number of carbonyl (C=O) groups excluding carboxylic acids is 1. The predicted octanol–water partition coefficient (Wildman–Crippen LogP) is 4.17. The molecule has 0 heterocycles.